The van der Waals surface area contributed by atoms with E-state index in [0.717, 1.165) is 79.4 Å². The van der Waals surface area contributed by atoms with Gasteiger partial charge >= 0.3 is 20.1 Å². The smallest absolute Gasteiger partial charge is 0.503 e. The minimum absolute atomic E-state index is 0. The van der Waals surface area contributed by atoms with Gasteiger partial charge in [0.25, 0.3) is 0 Å². The topological polar surface area (TPSA) is 44.2 Å². The Hall–Kier alpha value is -5.29. The molecule has 266 valence electrons. The zero-order valence-corrected chi connectivity index (χ0v) is 33.8. The van der Waals surface area contributed by atoms with Crippen LogP contribution in [0.25, 0.3) is 33.5 Å². The first-order chi connectivity index (χ1) is 25.6. The molecule has 0 atom stereocenters. The monoisotopic (exact) mass is 880 g/mol. The molecule has 0 saturated carbocycles. The molecule has 0 fully saturated rings. The second kappa shape index (κ2) is 15.2. The number of aromatic nitrogens is 2. The maximum absolute atomic E-state index is 6.54. The molecule has 2 aromatic heterocycles. The Balaban J connectivity index is 0.000000184. The predicted molar refractivity (Wildman–Crippen MR) is 216 cm³/mol. The molecule has 2 aliphatic heterocycles. The molecule has 0 aliphatic carbocycles. The third-order valence-corrected chi connectivity index (χ3v) is 9.82. The van der Waals surface area contributed by atoms with Crippen LogP contribution < -0.4 is 25.9 Å². The van der Waals surface area contributed by atoms with Gasteiger partial charge in [0.1, 0.15) is 17.2 Å². The number of nitrogens with zero attached hydrogens (tertiary/aromatic N) is 2. The summed E-state index contributed by atoms with van der Waals surface area (Å²) in [4.78, 5) is 9.20. The molecule has 0 spiro atoms. The maximum Gasteiger partial charge on any atom is 3.00 e. The predicted octanol–water partition coefficient (Wildman–Crippen LogP) is 9.80. The van der Waals surface area contributed by atoms with Crippen molar-refractivity contribution in [3.63, 3.8) is 0 Å². The van der Waals surface area contributed by atoms with Crippen LogP contribution in [0.2, 0.25) is 0 Å². The summed E-state index contributed by atoms with van der Waals surface area (Å²) in [7, 11) is 0. The fourth-order valence-electron chi connectivity index (χ4n) is 7.20. The number of ether oxygens (including phenoxy) is 2. The Morgan fingerprint density at radius 1 is 0.722 bits per heavy atom. The first-order valence-electron chi connectivity index (χ1n) is 18.1. The van der Waals surface area contributed by atoms with Crippen LogP contribution in [-0.2, 0) is 26.5 Å². The Morgan fingerprint density at radius 3 is 2.22 bits per heavy atom. The molecule has 0 unspecified atom stereocenters. The molecule has 7 aromatic rings. The van der Waals surface area contributed by atoms with Gasteiger partial charge in [0.15, 0.2) is 0 Å². The molecule has 4 heterocycles. The molecule has 2 aliphatic rings. The van der Waals surface area contributed by atoms with Crippen molar-refractivity contribution >= 4 is 23.1 Å². The third-order valence-electron chi connectivity index (χ3n) is 9.82. The largest absolute Gasteiger partial charge is 3.00 e. The van der Waals surface area contributed by atoms with E-state index in [9.17, 15) is 0 Å². The van der Waals surface area contributed by atoms with Crippen LogP contribution in [0.15, 0.2) is 121 Å². The zero-order chi connectivity index (χ0) is 36.7. The standard InChI is InChI=1S/C29H25BNO2.C19H15N.Ir/c1-18-17-31-23(15-19(18)16-29(2,3)4)20-9-7-11-22-28(20)33-26-14-8-13-25-27(26)30(22)21-10-5-6-12-24(21)32-25;1-14-8-10-16(11-9-14)18-12-19(15(2)20-13-18)17-6-4-3-5-7-17;/h5-8,10-15,17H,16H2,1-4H3;3-10,12H,1-2H3;/q-1;-2;+3. The van der Waals surface area contributed by atoms with Crippen LogP contribution in [0.5, 0.6) is 23.0 Å². The van der Waals surface area contributed by atoms with E-state index in [1.165, 1.54) is 22.3 Å². The Labute approximate surface area is 333 Å². The summed E-state index contributed by atoms with van der Waals surface area (Å²) < 4.78 is 12.8. The number of para-hydroxylation sites is 1. The molecule has 0 bridgehead atoms. The molecule has 54 heavy (non-hydrogen) atoms. The van der Waals surface area contributed by atoms with Gasteiger partial charge in [-0.05, 0) is 64.9 Å². The summed E-state index contributed by atoms with van der Waals surface area (Å²) in [6, 6.07) is 45.9. The van der Waals surface area contributed by atoms with Crippen molar-refractivity contribution in [1.82, 2.24) is 9.97 Å². The summed E-state index contributed by atoms with van der Waals surface area (Å²) >= 11 is 0. The van der Waals surface area contributed by atoms with Gasteiger partial charge in [-0.15, -0.1) is 29.2 Å². The van der Waals surface area contributed by atoms with Gasteiger partial charge in [-0.1, -0.05) is 118 Å². The summed E-state index contributed by atoms with van der Waals surface area (Å²) in [5.74, 6) is 3.43. The van der Waals surface area contributed by atoms with Gasteiger partial charge in [-0.3, -0.25) is 0 Å². The van der Waals surface area contributed by atoms with Crippen molar-refractivity contribution in [3.8, 4) is 56.5 Å². The average Bonchev–Trinajstić information content (AvgIpc) is 3.16. The second-order valence-electron chi connectivity index (χ2n) is 15.1. The van der Waals surface area contributed by atoms with Crippen LogP contribution in [0.3, 0.4) is 0 Å². The molecule has 5 aromatic carbocycles. The van der Waals surface area contributed by atoms with Gasteiger partial charge in [-0.2, -0.15) is 30.3 Å². The van der Waals surface area contributed by atoms with Crippen LogP contribution in [0.4, 0.5) is 0 Å². The quantitative estimate of drug-likeness (QED) is 0.131. The molecule has 4 nitrogen and oxygen atoms in total. The van der Waals surface area contributed by atoms with Gasteiger partial charge in [0, 0.05) is 17.4 Å². The van der Waals surface area contributed by atoms with Crippen LogP contribution >= 0.6 is 0 Å². The molecular weight excluding hydrogens is 840 g/mol. The first kappa shape index (κ1) is 37.0. The summed E-state index contributed by atoms with van der Waals surface area (Å²) in [5, 5.41) is 0. The van der Waals surface area contributed by atoms with Crippen LogP contribution in [0.1, 0.15) is 43.2 Å². The Bertz CT molecular complexity index is 2460. The van der Waals surface area contributed by atoms with E-state index < -0.39 is 0 Å². The van der Waals surface area contributed by atoms with E-state index in [2.05, 4.69) is 113 Å². The number of benzene rings is 5. The number of aryl methyl sites for hydroxylation is 3. The van der Waals surface area contributed by atoms with Gasteiger partial charge in [0.05, 0.1) is 0 Å². The van der Waals surface area contributed by atoms with Crippen LogP contribution in [0, 0.1) is 44.5 Å². The van der Waals surface area contributed by atoms with E-state index in [-0.39, 0.29) is 32.2 Å². The summed E-state index contributed by atoms with van der Waals surface area (Å²) in [5.41, 5.74) is 14.4. The number of rotatable bonds is 4. The minimum atomic E-state index is 0. The Morgan fingerprint density at radius 2 is 1.46 bits per heavy atom. The van der Waals surface area contributed by atoms with E-state index in [1.54, 1.807) is 0 Å². The Kier molecular flexibility index (Phi) is 10.4. The number of hydrogen-bond donors (Lipinski definition) is 0. The van der Waals surface area contributed by atoms with E-state index in [0.29, 0.717) is 0 Å². The fraction of sp³-hybridized carbons (Fsp3) is 0.167. The van der Waals surface area contributed by atoms with Gasteiger partial charge in [-0.25, -0.2) is 11.1 Å². The van der Waals surface area contributed by atoms with E-state index in [4.69, 9.17) is 14.5 Å². The van der Waals surface area contributed by atoms with Crippen molar-refractivity contribution in [3.05, 3.63) is 162 Å². The minimum Gasteiger partial charge on any atom is -0.503 e. The molecule has 0 amide bonds. The second-order valence-corrected chi connectivity index (χ2v) is 15.1. The molecular formula is C48H40BIrN2O2. The molecule has 0 N–H and O–H groups in total. The van der Waals surface area contributed by atoms with Crippen molar-refractivity contribution < 1.29 is 29.6 Å². The van der Waals surface area contributed by atoms with Crippen molar-refractivity contribution in [2.45, 2.75) is 48.0 Å². The van der Waals surface area contributed by atoms with Crippen LogP contribution in [-0.4, -0.2) is 16.7 Å². The van der Waals surface area contributed by atoms with Gasteiger partial charge in [0.2, 0.25) is 6.71 Å². The number of pyridine rings is 2. The SMILES string of the molecule is Cc1c[c-]c(-c2[c-]nc(C)c(-c3ccccc3)c2)cc1.Cc1cnc(-c2[c-]ccc3c2Oc2cccc4c2B3c2ccccc2O4)cc1CC(C)(C)C.[Ir+3]. The summed E-state index contributed by atoms with van der Waals surface area (Å²) in [6.07, 6.45) is 6.07. The molecule has 0 saturated heterocycles. The zero-order valence-electron chi connectivity index (χ0n) is 31.4. The first-order valence-corrected chi connectivity index (χ1v) is 18.1. The van der Waals surface area contributed by atoms with E-state index in [1.807, 2.05) is 73.8 Å². The molecule has 0 radical (unpaired) electrons. The third kappa shape index (κ3) is 7.42. The van der Waals surface area contributed by atoms with Crippen molar-refractivity contribution in [1.29, 1.82) is 0 Å². The fourth-order valence-corrected chi connectivity index (χ4v) is 7.20. The van der Waals surface area contributed by atoms with E-state index >= 15 is 0 Å². The average molecular weight is 880 g/mol. The maximum atomic E-state index is 6.54. The molecule has 6 heteroatoms. The van der Waals surface area contributed by atoms with Crippen molar-refractivity contribution in [2.24, 2.45) is 5.41 Å². The number of fused-ring (bicyclic) bond motifs is 4. The van der Waals surface area contributed by atoms with Crippen molar-refractivity contribution in [2.75, 3.05) is 0 Å². The normalized spacial score (nSPS) is 12.1. The molecule has 9 rings (SSSR count). The van der Waals surface area contributed by atoms with Gasteiger partial charge < -0.3 is 19.4 Å². The number of hydrogen-bond acceptors (Lipinski definition) is 4. The summed E-state index contributed by atoms with van der Waals surface area (Å²) in [6.45, 7) is 13.1.